The van der Waals surface area contributed by atoms with Crippen LogP contribution in [0.5, 0.6) is 0 Å². The van der Waals surface area contributed by atoms with Gasteiger partial charge in [0, 0.05) is 37.9 Å². The molecular weight excluding hydrogens is 280 g/mol. The monoisotopic (exact) mass is 304 g/mol. The minimum atomic E-state index is 0.398. The molecule has 0 bridgehead atoms. The van der Waals surface area contributed by atoms with Gasteiger partial charge in [0.2, 0.25) is 0 Å². The number of thiocarbonyl (C=S) groups is 1. The molecule has 114 valence electrons. The van der Waals surface area contributed by atoms with Crippen LogP contribution in [0.15, 0.2) is 18.3 Å². The van der Waals surface area contributed by atoms with E-state index >= 15 is 0 Å². The number of nitrogens with two attached hydrogens (primary N) is 1. The van der Waals surface area contributed by atoms with E-state index in [1.54, 1.807) is 6.20 Å². The van der Waals surface area contributed by atoms with E-state index in [0.717, 1.165) is 30.4 Å². The third kappa shape index (κ3) is 3.25. The van der Waals surface area contributed by atoms with Crippen molar-refractivity contribution in [3.63, 3.8) is 0 Å². The van der Waals surface area contributed by atoms with Gasteiger partial charge in [0.1, 0.15) is 10.7 Å². The Hall–Kier alpha value is -1.04. The summed E-state index contributed by atoms with van der Waals surface area (Å²) < 4.78 is 0. The molecule has 2 aliphatic heterocycles. The number of piperidine rings is 1. The van der Waals surface area contributed by atoms with Crippen molar-refractivity contribution >= 4 is 17.2 Å². The third-order valence-corrected chi connectivity index (χ3v) is 5.01. The minimum absolute atomic E-state index is 0.398. The van der Waals surface area contributed by atoms with Crippen LogP contribution in [0.2, 0.25) is 0 Å². The van der Waals surface area contributed by atoms with E-state index in [2.05, 4.69) is 27.8 Å². The van der Waals surface area contributed by atoms with Gasteiger partial charge in [-0.25, -0.2) is 0 Å². The smallest absolute Gasteiger partial charge is 0.123 e. The Bertz CT molecular complexity index is 519. The number of aromatic nitrogens is 1. The molecule has 21 heavy (non-hydrogen) atoms. The maximum Gasteiger partial charge on any atom is 0.123 e. The summed E-state index contributed by atoms with van der Waals surface area (Å²) in [5.74, 6) is 0. The SMILES string of the molecule is CC1CN2CCCCC2CN1Cc1cccnc1C(N)=S. The van der Waals surface area contributed by atoms with Gasteiger partial charge in [-0.15, -0.1) is 0 Å². The standard InChI is InChI=1S/C16H24N4S/c1-12-9-19-8-3-2-6-14(19)11-20(12)10-13-5-4-7-18-15(13)16(17)21/h4-5,7,12,14H,2-3,6,8-11H2,1H3,(H2,17,21). The van der Waals surface area contributed by atoms with Gasteiger partial charge in [0.05, 0.1) is 0 Å². The maximum absolute atomic E-state index is 5.80. The predicted octanol–water partition coefficient (Wildman–Crippen LogP) is 1.77. The fourth-order valence-electron chi connectivity index (χ4n) is 3.64. The summed E-state index contributed by atoms with van der Waals surface area (Å²) in [6, 6.07) is 5.36. The van der Waals surface area contributed by atoms with E-state index in [0.29, 0.717) is 11.0 Å². The van der Waals surface area contributed by atoms with Gasteiger partial charge >= 0.3 is 0 Å². The highest BCUT2D eigenvalue weighted by atomic mass is 32.1. The summed E-state index contributed by atoms with van der Waals surface area (Å²) >= 11 is 5.13. The lowest BCUT2D eigenvalue weighted by Gasteiger charge is -2.47. The summed E-state index contributed by atoms with van der Waals surface area (Å²) in [7, 11) is 0. The number of nitrogens with zero attached hydrogens (tertiary/aromatic N) is 3. The third-order valence-electron chi connectivity index (χ3n) is 4.81. The molecule has 0 radical (unpaired) electrons. The molecule has 2 aliphatic rings. The number of hydrogen-bond acceptors (Lipinski definition) is 4. The minimum Gasteiger partial charge on any atom is -0.388 e. The van der Waals surface area contributed by atoms with Crippen LogP contribution in [0.1, 0.15) is 37.4 Å². The van der Waals surface area contributed by atoms with Gasteiger partial charge < -0.3 is 5.73 Å². The topological polar surface area (TPSA) is 45.4 Å². The van der Waals surface area contributed by atoms with Crippen LogP contribution in [-0.4, -0.2) is 51.5 Å². The fourth-order valence-corrected chi connectivity index (χ4v) is 3.82. The van der Waals surface area contributed by atoms with E-state index in [1.807, 2.05) is 6.07 Å². The van der Waals surface area contributed by atoms with E-state index < -0.39 is 0 Å². The molecule has 1 aromatic heterocycles. The molecule has 0 spiro atoms. The first kappa shape index (κ1) is 14.9. The van der Waals surface area contributed by atoms with E-state index in [-0.39, 0.29) is 0 Å². The normalized spacial score (nSPS) is 27.3. The van der Waals surface area contributed by atoms with Crippen LogP contribution in [0.3, 0.4) is 0 Å². The van der Waals surface area contributed by atoms with Crippen LogP contribution in [0.25, 0.3) is 0 Å². The summed E-state index contributed by atoms with van der Waals surface area (Å²) in [6.45, 7) is 6.81. The first-order chi connectivity index (χ1) is 10.1. The molecule has 3 rings (SSSR count). The lowest BCUT2D eigenvalue weighted by atomic mass is 9.96. The summed E-state index contributed by atoms with van der Waals surface area (Å²) in [5, 5.41) is 0. The van der Waals surface area contributed by atoms with Crippen molar-refractivity contribution in [2.75, 3.05) is 19.6 Å². The zero-order valence-electron chi connectivity index (χ0n) is 12.7. The second-order valence-corrected chi connectivity index (χ2v) is 6.74. The van der Waals surface area contributed by atoms with Crippen molar-refractivity contribution in [1.82, 2.24) is 14.8 Å². The lowest BCUT2D eigenvalue weighted by Crippen LogP contribution is -2.58. The molecule has 2 atom stereocenters. The Kier molecular flexibility index (Phi) is 4.52. The molecule has 2 N–H and O–H groups in total. The van der Waals surface area contributed by atoms with Gasteiger partial charge in [0.15, 0.2) is 0 Å². The highest BCUT2D eigenvalue weighted by Gasteiger charge is 2.33. The molecule has 0 aromatic carbocycles. The quantitative estimate of drug-likeness (QED) is 0.863. The second kappa shape index (κ2) is 6.38. The Morgan fingerprint density at radius 2 is 2.29 bits per heavy atom. The zero-order valence-corrected chi connectivity index (χ0v) is 13.5. The van der Waals surface area contributed by atoms with E-state index in [4.69, 9.17) is 18.0 Å². The molecular formula is C16H24N4S. The van der Waals surface area contributed by atoms with Crippen LogP contribution < -0.4 is 5.73 Å². The summed E-state index contributed by atoms with van der Waals surface area (Å²) in [5.41, 5.74) is 7.74. The Morgan fingerprint density at radius 3 is 3.10 bits per heavy atom. The molecule has 0 saturated carbocycles. The first-order valence-corrected chi connectivity index (χ1v) is 8.28. The van der Waals surface area contributed by atoms with Crippen LogP contribution >= 0.6 is 12.2 Å². The second-order valence-electron chi connectivity index (χ2n) is 6.30. The Labute approximate surface area is 132 Å². The first-order valence-electron chi connectivity index (χ1n) is 7.87. The summed E-state index contributed by atoms with van der Waals surface area (Å²) in [6.07, 6.45) is 5.82. The molecule has 3 heterocycles. The van der Waals surface area contributed by atoms with Crippen LogP contribution in [0, 0.1) is 0 Å². The molecule has 5 heteroatoms. The van der Waals surface area contributed by atoms with Crippen molar-refractivity contribution in [2.45, 2.75) is 44.8 Å². The molecule has 2 saturated heterocycles. The van der Waals surface area contributed by atoms with Gasteiger partial charge in [-0.05, 0) is 37.9 Å². The van der Waals surface area contributed by atoms with Crippen LogP contribution in [-0.2, 0) is 6.54 Å². The van der Waals surface area contributed by atoms with Gasteiger partial charge in [-0.1, -0.05) is 24.7 Å². The summed E-state index contributed by atoms with van der Waals surface area (Å²) in [4.78, 5) is 9.97. The number of hydrogen-bond donors (Lipinski definition) is 1. The van der Waals surface area contributed by atoms with Crippen molar-refractivity contribution in [3.05, 3.63) is 29.6 Å². The Morgan fingerprint density at radius 1 is 1.43 bits per heavy atom. The number of fused-ring (bicyclic) bond motifs is 1. The molecule has 0 aliphatic carbocycles. The highest BCUT2D eigenvalue weighted by Crippen LogP contribution is 2.25. The average molecular weight is 304 g/mol. The van der Waals surface area contributed by atoms with E-state index in [9.17, 15) is 0 Å². The molecule has 0 amide bonds. The van der Waals surface area contributed by atoms with Crippen molar-refractivity contribution < 1.29 is 0 Å². The van der Waals surface area contributed by atoms with Gasteiger partial charge in [-0.3, -0.25) is 14.8 Å². The van der Waals surface area contributed by atoms with Crippen molar-refractivity contribution in [3.8, 4) is 0 Å². The number of piperazine rings is 1. The Balaban J connectivity index is 1.74. The molecule has 1 aromatic rings. The van der Waals surface area contributed by atoms with Crippen molar-refractivity contribution in [1.29, 1.82) is 0 Å². The van der Waals surface area contributed by atoms with Crippen molar-refractivity contribution in [2.24, 2.45) is 5.73 Å². The average Bonchev–Trinajstić information content (AvgIpc) is 2.48. The highest BCUT2D eigenvalue weighted by molar-refractivity contribution is 7.80. The fraction of sp³-hybridized carbons (Fsp3) is 0.625. The number of pyridine rings is 1. The zero-order chi connectivity index (χ0) is 14.8. The predicted molar refractivity (Wildman–Crippen MR) is 89.2 cm³/mol. The van der Waals surface area contributed by atoms with E-state index in [1.165, 1.54) is 32.4 Å². The van der Waals surface area contributed by atoms with Gasteiger partial charge in [0.25, 0.3) is 0 Å². The van der Waals surface area contributed by atoms with Crippen LogP contribution in [0.4, 0.5) is 0 Å². The molecule has 2 unspecified atom stereocenters. The lowest BCUT2D eigenvalue weighted by molar-refractivity contribution is 0.0110. The largest absolute Gasteiger partial charge is 0.388 e. The number of rotatable bonds is 3. The molecule has 4 nitrogen and oxygen atoms in total. The maximum atomic E-state index is 5.80. The molecule has 2 fully saturated rings. The van der Waals surface area contributed by atoms with Gasteiger partial charge in [-0.2, -0.15) is 0 Å².